The summed E-state index contributed by atoms with van der Waals surface area (Å²) >= 11 is 0. The second kappa shape index (κ2) is 6.79. The number of benzene rings is 1. The van der Waals surface area contributed by atoms with Gasteiger partial charge in [0.25, 0.3) is 5.91 Å². The van der Waals surface area contributed by atoms with E-state index in [2.05, 4.69) is 12.1 Å². The van der Waals surface area contributed by atoms with Gasteiger partial charge in [-0.1, -0.05) is 30.3 Å². The third kappa shape index (κ3) is 3.39. The minimum Gasteiger partial charge on any atom is -0.459 e. The number of carbonyl (C=O) groups excluding carboxylic acids is 1. The Morgan fingerprint density at radius 3 is 2.77 bits per heavy atom. The highest BCUT2D eigenvalue weighted by Crippen LogP contribution is 2.19. The van der Waals surface area contributed by atoms with Crippen molar-refractivity contribution in [1.29, 1.82) is 0 Å². The number of aryl methyl sites for hydroxylation is 1. The molecule has 1 aromatic heterocycles. The fourth-order valence-electron chi connectivity index (χ4n) is 2.79. The van der Waals surface area contributed by atoms with Gasteiger partial charge < -0.3 is 14.1 Å². The van der Waals surface area contributed by atoms with Crippen LogP contribution in [0.2, 0.25) is 0 Å². The summed E-state index contributed by atoms with van der Waals surface area (Å²) in [4.78, 5) is 14.3. The molecule has 4 heteroatoms. The molecule has 116 valence electrons. The Labute approximate surface area is 130 Å². The van der Waals surface area contributed by atoms with E-state index in [1.807, 2.05) is 30.0 Å². The van der Waals surface area contributed by atoms with Crippen LogP contribution in [-0.4, -0.2) is 36.1 Å². The summed E-state index contributed by atoms with van der Waals surface area (Å²) in [6.07, 6.45) is 3.49. The molecule has 2 atom stereocenters. The Balaban J connectivity index is 1.60. The van der Waals surface area contributed by atoms with Crippen LogP contribution in [0.25, 0.3) is 0 Å². The molecule has 2 heterocycles. The lowest BCUT2D eigenvalue weighted by Crippen LogP contribution is -2.51. The molecule has 0 spiro atoms. The highest BCUT2D eigenvalue weighted by atomic mass is 16.5. The Hall–Kier alpha value is -2.07. The van der Waals surface area contributed by atoms with E-state index < -0.39 is 0 Å². The first-order valence-electron chi connectivity index (χ1n) is 7.74. The van der Waals surface area contributed by atoms with Crippen LogP contribution in [0.15, 0.2) is 53.1 Å². The highest BCUT2D eigenvalue weighted by molar-refractivity contribution is 5.91. The summed E-state index contributed by atoms with van der Waals surface area (Å²) in [5, 5.41) is 0. The molecule has 1 aliphatic heterocycles. The molecule has 0 N–H and O–H groups in total. The zero-order valence-corrected chi connectivity index (χ0v) is 12.8. The maximum absolute atomic E-state index is 12.5. The maximum atomic E-state index is 12.5. The third-order valence-electron chi connectivity index (χ3n) is 4.10. The van der Waals surface area contributed by atoms with Gasteiger partial charge in [0.1, 0.15) is 0 Å². The van der Waals surface area contributed by atoms with Gasteiger partial charge in [0.2, 0.25) is 0 Å². The summed E-state index contributed by atoms with van der Waals surface area (Å²) < 4.78 is 11.1. The number of hydrogen-bond acceptors (Lipinski definition) is 3. The van der Waals surface area contributed by atoms with Crippen molar-refractivity contribution in [2.75, 3.05) is 13.2 Å². The molecule has 2 aromatic rings. The molecule has 0 radical (unpaired) electrons. The summed E-state index contributed by atoms with van der Waals surface area (Å²) in [7, 11) is 0. The number of rotatable bonds is 4. The quantitative estimate of drug-likeness (QED) is 0.871. The molecule has 22 heavy (non-hydrogen) atoms. The van der Waals surface area contributed by atoms with Gasteiger partial charge in [0, 0.05) is 6.54 Å². The van der Waals surface area contributed by atoms with Gasteiger partial charge >= 0.3 is 0 Å². The van der Waals surface area contributed by atoms with Crippen molar-refractivity contribution >= 4 is 5.91 Å². The summed E-state index contributed by atoms with van der Waals surface area (Å²) in [6, 6.07) is 13.9. The smallest absolute Gasteiger partial charge is 0.289 e. The van der Waals surface area contributed by atoms with Gasteiger partial charge in [-0.15, -0.1) is 0 Å². The molecule has 3 rings (SSSR count). The van der Waals surface area contributed by atoms with Crippen molar-refractivity contribution in [2.24, 2.45) is 0 Å². The van der Waals surface area contributed by atoms with Crippen molar-refractivity contribution in [2.45, 2.75) is 31.9 Å². The lowest BCUT2D eigenvalue weighted by molar-refractivity contribution is -0.0505. The standard InChI is InChI=1S/C18H21NO3/c1-14-13-22-16(10-9-15-6-3-2-4-7-15)12-19(14)18(20)17-8-5-11-21-17/h2-8,11,14,16H,9-10,12-13H2,1H3. The number of morpholine rings is 1. The van der Waals surface area contributed by atoms with Crippen LogP contribution >= 0.6 is 0 Å². The van der Waals surface area contributed by atoms with Gasteiger partial charge in [-0.05, 0) is 37.5 Å². The molecule has 2 unspecified atom stereocenters. The molecular formula is C18H21NO3. The highest BCUT2D eigenvalue weighted by Gasteiger charge is 2.31. The zero-order valence-electron chi connectivity index (χ0n) is 12.8. The van der Waals surface area contributed by atoms with Gasteiger partial charge in [-0.2, -0.15) is 0 Å². The molecule has 1 amide bonds. The van der Waals surface area contributed by atoms with Crippen molar-refractivity contribution < 1.29 is 13.9 Å². The first-order valence-corrected chi connectivity index (χ1v) is 7.74. The van der Waals surface area contributed by atoms with E-state index in [1.165, 1.54) is 11.8 Å². The number of carbonyl (C=O) groups is 1. The lowest BCUT2D eigenvalue weighted by Gasteiger charge is -2.37. The molecule has 1 fully saturated rings. The van der Waals surface area contributed by atoms with E-state index in [9.17, 15) is 4.79 Å². The minimum absolute atomic E-state index is 0.0505. The van der Waals surface area contributed by atoms with E-state index in [0.29, 0.717) is 18.9 Å². The number of furan rings is 1. The normalized spacial score (nSPS) is 21.8. The third-order valence-corrected chi connectivity index (χ3v) is 4.10. The summed E-state index contributed by atoms with van der Waals surface area (Å²) in [5.41, 5.74) is 1.30. The van der Waals surface area contributed by atoms with Crippen molar-refractivity contribution in [1.82, 2.24) is 4.90 Å². The maximum Gasteiger partial charge on any atom is 0.289 e. The Morgan fingerprint density at radius 2 is 2.05 bits per heavy atom. The van der Waals surface area contributed by atoms with Gasteiger partial charge in [0.15, 0.2) is 5.76 Å². The average Bonchev–Trinajstić information content (AvgIpc) is 3.09. The predicted octanol–water partition coefficient (Wildman–Crippen LogP) is 3.14. The first-order chi connectivity index (χ1) is 10.7. The zero-order chi connectivity index (χ0) is 15.4. The molecule has 1 saturated heterocycles. The van der Waals surface area contributed by atoms with E-state index in [1.54, 1.807) is 12.1 Å². The van der Waals surface area contributed by atoms with Gasteiger partial charge in [0.05, 0.1) is 25.0 Å². The predicted molar refractivity (Wildman–Crippen MR) is 83.7 cm³/mol. The van der Waals surface area contributed by atoms with Crippen LogP contribution in [0, 0.1) is 0 Å². The topological polar surface area (TPSA) is 42.7 Å². The lowest BCUT2D eigenvalue weighted by atomic mass is 10.0. The molecule has 0 aliphatic carbocycles. The second-order valence-electron chi connectivity index (χ2n) is 5.76. The number of ether oxygens (including phenoxy) is 1. The van der Waals surface area contributed by atoms with Crippen molar-refractivity contribution in [3.8, 4) is 0 Å². The molecule has 4 nitrogen and oxygen atoms in total. The second-order valence-corrected chi connectivity index (χ2v) is 5.76. The Kier molecular flexibility index (Phi) is 4.59. The molecule has 0 saturated carbocycles. The Bertz CT molecular complexity index is 594. The van der Waals surface area contributed by atoms with Crippen LogP contribution in [0.1, 0.15) is 29.5 Å². The van der Waals surface area contributed by atoms with Crippen LogP contribution in [0.5, 0.6) is 0 Å². The summed E-state index contributed by atoms with van der Waals surface area (Å²) in [6.45, 7) is 3.20. The average molecular weight is 299 g/mol. The molecule has 1 aromatic carbocycles. The van der Waals surface area contributed by atoms with Gasteiger partial charge in [-0.3, -0.25) is 4.79 Å². The number of hydrogen-bond donors (Lipinski definition) is 0. The van der Waals surface area contributed by atoms with Crippen LogP contribution in [0.4, 0.5) is 0 Å². The van der Waals surface area contributed by atoms with Crippen molar-refractivity contribution in [3.05, 3.63) is 60.1 Å². The molecule has 1 aliphatic rings. The van der Waals surface area contributed by atoms with E-state index in [-0.39, 0.29) is 18.1 Å². The van der Waals surface area contributed by atoms with Crippen molar-refractivity contribution in [3.63, 3.8) is 0 Å². The van der Waals surface area contributed by atoms with Crippen LogP contribution in [0.3, 0.4) is 0 Å². The first kappa shape index (κ1) is 14.9. The minimum atomic E-state index is -0.0505. The fraction of sp³-hybridized carbons (Fsp3) is 0.389. The van der Waals surface area contributed by atoms with E-state index >= 15 is 0 Å². The number of nitrogens with zero attached hydrogens (tertiary/aromatic N) is 1. The van der Waals surface area contributed by atoms with Gasteiger partial charge in [-0.25, -0.2) is 0 Å². The Morgan fingerprint density at radius 1 is 1.23 bits per heavy atom. The molecule has 0 bridgehead atoms. The monoisotopic (exact) mass is 299 g/mol. The molecular weight excluding hydrogens is 278 g/mol. The fourth-order valence-corrected chi connectivity index (χ4v) is 2.79. The number of amides is 1. The van der Waals surface area contributed by atoms with Crippen LogP contribution < -0.4 is 0 Å². The largest absolute Gasteiger partial charge is 0.459 e. The van der Waals surface area contributed by atoms with Crippen LogP contribution in [-0.2, 0) is 11.2 Å². The SMILES string of the molecule is CC1COC(CCc2ccccc2)CN1C(=O)c1ccco1. The van der Waals surface area contributed by atoms with E-state index in [0.717, 1.165) is 12.8 Å². The summed E-state index contributed by atoms with van der Waals surface area (Å²) in [5.74, 6) is 0.348. The van der Waals surface area contributed by atoms with E-state index in [4.69, 9.17) is 9.15 Å².